The molecule has 0 spiro atoms. The van der Waals surface area contributed by atoms with Gasteiger partial charge in [-0.25, -0.2) is 4.68 Å². The number of para-hydroxylation sites is 1. The Kier molecular flexibility index (Phi) is 5.80. The summed E-state index contributed by atoms with van der Waals surface area (Å²) in [6.07, 6.45) is 3.91. The minimum Gasteiger partial charge on any atom is -0.396 e. The summed E-state index contributed by atoms with van der Waals surface area (Å²) >= 11 is 1.71. The number of nitrogens with one attached hydrogen (secondary N) is 1. The van der Waals surface area contributed by atoms with Gasteiger partial charge in [-0.15, -0.1) is 11.3 Å². The molecule has 1 aromatic carbocycles. The van der Waals surface area contributed by atoms with E-state index in [1.807, 2.05) is 22.9 Å². The van der Waals surface area contributed by atoms with Crippen LogP contribution in [0.2, 0.25) is 0 Å². The van der Waals surface area contributed by atoms with E-state index in [9.17, 15) is 0 Å². The van der Waals surface area contributed by atoms with Crippen LogP contribution in [0.25, 0.3) is 16.3 Å². The van der Waals surface area contributed by atoms with Crippen LogP contribution in [0.4, 0.5) is 0 Å². The van der Waals surface area contributed by atoms with E-state index in [1.54, 1.807) is 11.3 Å². The zero-order valence-corrected chi connectivity index (χ0v) is 14.7. The maximum atomic E-state index is 8.96. The van der Waals surface area contributed by atoms with Crippen LogP contribution in [0.15, 0.2) is 54.0 Å². The van der Waals surface area contributed by atoms with Gasteiger partial charge in [-0.1, -0.05) is 24.3 Å². The lowest BCUT2D eigenvalue weighted by Gasteiger charge is -2.12. The van der Waals surface area contributed by atoms with Crippen LogP contribution in [0.5, 0.6) is 0 Å². The lowest BCUT2D eigenvalue weighted by molar-refractivity contribution is 0.276. The van der Waals surface area contributed by atoms with Crippen molar-refractivity contribution in [2.45, 2.75) is 32.4 Å². The number of aliphatic hydroxyl groups excluding tert-OH is 1. The van der Waals surface area contributed by atoms with Crippen molar-refractivity contribution in [1.82, 2.24) is 15.1 Å². The fourth-order valence-corrected chi connectivity index (χ4v) is 3.40. The third kappa shape index (κ3) is 4.12. The molecule has 126 valence electrons. The van der Waals surface area contributed by atoms with E-state index in [1.165, 1.54) is 10.4 Å². The predicted molar refractivity (Wildman–Crippen MR) is 99.5 cm³/mol. The molecule has 0 saturated heterocycles. The predicted octanol–water partition coefficient (Wildman–Crippen LogP) is 3.85. The Balaban J connectivity index is 1.82. The largest absolute Gasteiger partial charge is 0.396 e. The van der Waals surface area contributed by atoms with E-state index in [2.05, 4.69) is 48.1 Å². The summed E-state index contributed by atoms with van der Waals surface area (Å²) in [5, 5.41) is 19.4. The molecule has 24 heavy (non-hydrogen) atoms. The molecule has 3 aromatic rings. The topological polar surface area (TPSA) is 50.1 Å². The highest BCUT2D eigenvalue weighted by Gasteiger charge is 2.13. The van der Waals surface area contributed by atoms with Gasteiger partial charge in [-0.2, -0.15) is 5.10 Å². The summed E-state index contributed by atoms with van der Waals surface area (Å²) in [7, 11) is 0. The zero-order chi connectivity index (χ0) is 16.8. The second-order valence-electron chi connectivity index (χ2n) is 5.91. The van der Waals surface area contributed by atoms with E-state index in [0.29, 0.717) is 6.04 Å². The minimum atomic E-state index is 0.248. The molecule has 1 unspecified atom stereocenters. The van der Waals surface area contributed by atoms with Crippen LogP contribution in [-0.4, -0.2) is 27.5 Å². The Bertz CT molecular complexity index is 737. The first-order chi connectivity index (χ1) is 11.8. The third-order valence-corrected chi connectivity index (χ3v) is 4.88. The van der Waals surface area contributed by atoms with Crippen molar-refractivity contribution >= 4 is 11.3 Å². The number of nitrogens with zero attached hydrogens (tertiary/aromatic N) is 2. The fourth-order valence-electron chi connectivity index (χ4n) is 2.66. The molecule has 4 nitrogen and oxygen atoms in total. The molecule has 0 saturated carbocycles. The van der Waals surface area contributed by atoms with Gasteiger partial charge >= 0.3 is 0 Å². The molecule has 3 rings (SSSR count). The van der Waals surface area contributed by atoms with Gasteiger partial charge in [0, 0.05) is 31.0 Å². The molecule has 2 aromatic heterocycles. The van der Waals surface area contributed by atoms with Crippen LogP contribution in [0, 0.1) is 0 Å². The summed E-state index contributed by atoms with van der Waals surface area (Å²) in [4.78, 5) is 1.18. The van der Waals surface area contributed by atoms with Crippen molar-refractivity contribution < 1.29 is 5.11 Å². The van der Waals surface area contributed by atoms with Crippen molar-refractivity contribution in [2.75, 3.05) is 6.61 Å². The van der Waals surface area contributed by atoms with Gasteiger partial charge in [-0.05, 0) is 43.3 Å². The summed E-state index contributed by atoms with van der Waals surface area (Å²) in [6, 6.07) is 14.7. The average molecular weight is 341 g/mol. The molecule has 0 aliphatic carbocycles. The molecule has 0 fully saturated rings. The maximum absolute atomic E-state index is 8.96. The Morgan fingerprint density at radius 3 is 2.75 bits per heavy atom. The zero-order valence-electron chi connectivity index (χ0n) is 13.9. The highest BCUT2D eigenvalue weighted by atomic mass is 32.1. The molecule has 0 amide bonds. The van der Waals surface area contributed by atoms with E-state index >= 15 is 0 Å². The van der Waals surface area contributed by atoms with Gasteiger partial charge in [0.2, 0.25) is 0 Å². The molecule has 0 aliphatic rings. The van der Waals surface area contributed by atoms with Gasteiger partial charge in [0.1, 0.15) is 5.69 Å². The van der Waals surface area contributed by atoms with Gasteiger partial charge < -0.3 is 10.4 Å². The van der Waals surface area contributed by atoms with Crippen molar-refractivity contribution in [1.29, 1.82) is 0 Å². The molecule has 2 N–H and O–H groups in total. The normalized spacial score (nSPS) is 12.4. The third-order valence-electron chi connectivity index (χ3n) is 4.00. The summed E-state index contributed by atoms with van der Waals surface area (Å²) in [6.45, 7) is 3.17. The van der Waals surface area contributed by atoms with Crippen molar-refractivity contribution in [3.8, 4) is 16.3 Å². The van der Waals surface area contributed by atoms with Crippen LogP contribution in [0.1, 0.15) is 25.3 Å². The van der Waals surface area contributed by atoms with Crippen molar-refractivity contribution in [2.24, 2.45) is 0 Å². The summed E-state index contributed by atoms with van der Waals surface area (Å²) < 4.78 is 1.95. The monoisotopic (exact) mass is 341 g/mol. The lowest BCUT2D eigenvalue weighted by Crippen LogP contribution is -2.25. The van der Waals surface area contributed by atoms with Crippen molar-refractivity contribution in [3.05, 3.63) is 59.6 Å². The lowest BCUT2D eigenvalue weighted by atomic mass is 10.1. The smallest absolute Gasteiger partial charge is 0.107 e. The minimum absolute atomic E-state index is 0.248. The maximum Gasteiger partial charge on any atom is 0.107 e. The van der Waals surface area contributed by atoms with Gasteiger partial charge in [0.15, 0.2) is 0 Å². The number of thiophene rings is 1. The van der Waals surface area contributed by atoms with Crippen LogP contribution in [0.3, 0.4) is 0 Å². The van der Waals surface area contributed by atoms with Crippen molar-refractivity contribution in [3.63, 3.8) is 0 Å². The number of hydrogen-bond acceptors (Lipinski definition) is 4. The van der Waals surface area contributed by atoms with E-state index in [-0.39, 0.29) is 6.61 Å². The summed E-state index contributed by atoms with van der Waals surface area (Å²) in [5.41, 5.74) is 3.29. The van der Waals surface area contributed by atoms with Crippen LogP contribution in [-0.2, 0) is 6.54 Å². The number of benzene rings is 1. The molecule has 0 radical (unpaired) electrons. The Hall–Kier alpha value is -1.95. The number of rotatable bonds is 8. The standard InChI is InChI=1S/C19H23N3OS/c1-15(7-5-11-23)20-13-16-14-22(17-8-3-2-4-9-17)21-19(16)18-10-6-12-24-18/h2-4,6,8-10,12,14-15,20,23H,5,7,11,13H2,1H3. The second kappa shape index (κ2) is 8.24. The van der Waals surface area contributed by atoms with Gasteiger partial charge in [0.05, 0.1) is 10.6 Å². The van der Waals surface area contributed by atoms with Gasteiger partial charge in [-0.3, -0.25) is 0 Å². The molecule has 5 heteroatoms. The highest BCUT2D eigenvalue weighted by Crippen LogP contribution is 2.27. The molecule has 0 aliphatic heterocycles. The molecule has 2 heterocycles. The quantitative estimate of drug-likeness (QED) is 0.654. The molecule has 1 atom stereocenters. The molecule has 0 bridgehead atoms. The molecular formula is C19H23N3OS. The first-order valence-electron chi connectivity index (χ1n) is 8.30. The average Bonchev–Trinajstić information content (AvgIpc) is 3.28. The van der Waals surface area contributed by atoms with Gasteiger partial charge in [0.25, 0.3) is 0 Å². The van der Waals surface area contributed by atoms with E-state index < -0.39 is 0 Å². The number of hydrogen-bond donors (Lipinski definition) is 2. The van der Waals surface area contributed by atoms with E-state index in [4.69, 9.17) is 10.2 Å². The van der Waals surface area contributed by atoms with E-state index in [0.717, 1.165) is 30.8 Å². The first-order valence-corrected chi connectivity index (χ1v) is 9.18. The SMILES string of the molecule is CC(CCCO)NCc1cn(-c2ccccc2)nc1-c1cccs1. The number of aromatic nitrogens is 2. The fraction of sp³-hybridized carbons (Fsp3) is 0.316. The van der Waals surface area contributed by atoms with Crippen LogP contribution >= 0.6 is 11.3 Å². The Morgan fingerprint density at radius 1 is 1.21 bits per heavy atom. The Morgan fingerprint density at radius 2 is 2.04 bits per heavy atom. The second-order valence-corrected chi connectivity index (χ2v) is 6.86. The Labute approximate surface area is 146 Å². The molecular weight excluding hydrogens is 318 g/mol. The van der Waals surface area contributed by atoms with Crippen LogP contribution < -0.4 is 5.32 Å². The summed E-state index contributed by atoms with van der Waals surface area (Å²) in [5.74, 6) is 0. The highest BCUT2D eigenvalue weighted by molar-refractivity contribution is 7.13. The number of aliphatic hydroxyl groups is 1. The first kappa shape index (κ1) is 16.9.